The van der Waals surface area contributed by atoms with Crippen molar-refractivity contribution in [2.75, 3.05) is 13.1 Å². The third kappa shape index (κ3) is 5.65. The van der Waals surface area contributed by atoms with Gasteiger partial charge in [0.1, 0.15) is 18.2 Å². The van der Waals surface area contributed by atoms with Gasteiger partial charge < -0.3 is 19.5 Å². The number of ether oxygens (including phenoxy) is 1. The largest absolute Gasteiger partial charge is 0.353 e. The summed E-state index contributed by atoms with van der Waals surface area (Å²) < 4.78 is 9.43. The number of hydrogen-bond donors (Lipinski definition) is 2. The van der Waals surface area contributed by atoms with Crippen LogP contribution >= 0.6 is 0 Å². The highest BCUT2D eigenvalue weighted by atomic mass is 16.6. The predicted molar refractivity (Wildman–Crippen MR) is 194 cm³/mol. The van der Waals surface area contributed by atoms with E-state index in [4.69, 9.17) is 4.74 Å². The molecule has 268 valence electrons. The van der Waals surface area contributed by atoms with Crippen LogP contribution in [0.2, 0.25) is 0 Å². The Kier molecular flexibility index (Phi) is 8.99. The predicted octanol–water partition coefficient (Wildman–Crippen LogP) is 3.63. The van der Waals surface area contributed by atoms with Crippen LogP contribution in [0.5, 0.6) is 0 Å². The zero-order valence-corrected chi connectivity index (χ0v) is 29.6. The lowest BCUT2D eigenvalue weighted by Crippen LogP contribution is -2.84. The second-order valence-electron chi connectivity index (χ2n) is 13.7. The van der Waals surface area contributed by atoms with E-state index in [1.54, 1.807) is 11.5 Å². The van der Waals surface area contributed by atoms with Crippen LogP contribution in [-0.4, -0.2) is 66.6 Å². The van der Waals surface area contributed by atoms with Gasteiger partial charge >= 0.3 is 11.7 Å². The average molecular weight is 704 g/mol. The van der Waals surface area contributed by atoms with Crippen molar-refractivity contribution in [1.82, 2.24) is 34.6 Å². The molecule has 0 radical (unpaired) electrons. The molecule has 3 aromatic carbocycles. The molecule has 0 spiro atoms. The number of nitrogens with one attached hydrogen (secondary N) is 2. The molecule has 2 atom stereocenters. The smallest absolute Gasteiger partial charge is 0.352 e. The quantitative estimate of drug-likeness (QED) is 0.156. The molecule has 7 rings (SSSR count). The van der Waals surface area contributed by atoms with Gasteiger partial charge in [0, 0.05) is 19.6 Å². The van der Waals surface area contributed by atoms with Gasteiger partial charge in [-0.05, 0) is 61.6 Å². The molecule has 0 bridgehead atoms. The van der Waals surface area contributed by atoms with Gasteiger partial charge in [0.15, 0.2) is 17.1 Å². The van der Waals surface area contributed by atoms with Gasteiger partial charge in [0.2, 0.25) is 5.91 Å². The van der Waals surface area contributed by atoms with Crippen LogP contribution in [0.25, 0.3) is 22.6 Å². The van der Waals surface area contributed by atoms with E-state index in [-0.39, 0.29) is 37.7 Å². The number of hydrogen-bond acceptors (Lipinski definition) is 8. The fraction of sp³-hybridized carbons (Fsp3) is 0.359. The first kappa shape index (κ1) is 34.7. The lowest BCUT2D eigenvalue weighted by atomic mass is 9.65. The minimum absolute atomic E-state index is 0.0788. The van der Waals surface area contributed by atoms with Crippen molar-refractivity contribution in [1.29, 1.82) is 0 Å². The lowest BCUT2D eigenvalue weighted by molar-refractivity contribution is -0.291. The molecule has 0 aliphatic carbocycles. The Labute approximate surface area is 300 Å². The van der Waals surface area contributed by atoms with E-state index in [1.807, 2.05) is 93.6 Å². The maximum absolute atomic E-state index is 13.7. The van der Waals surface area contributed by atoms with Crippen molar-refractivity contribution in [2.24, 2.45) is 0 Å². The first-order valence-corrected chi connectivity index (χ1v) is 17.6. The number of amides is 4. The summed E-state index contributed by atoms with van der Waals surface area (Å²) in [6, 6.07) is 21.0. The SMILES string of the molecule is CCCCCn1c(=O)nc2n(CCNC(=O)CN3C(=O)NC(=O)C4(C)OC(c5ccccc5)(c5ccccc5)C34)c3cc(C)c(C)cc3nc-2c1=O. The Morgan fingerprint density at radius 1 is 0.885 bits per heavy atom. The van der Waals surface area contributed by atoms with Gasteiger partial charge in [-0.25, -0.2) is 14.6 Å². The number of fused-ring (bicyclic) bond motifs is 3. The van der Waals surface area contributed by atoms with Crippen molar-refractivity contribution in [3.8, 4) is 11.5 Å². The van der Waals surface area contributed by atoms with Crippen molar-refractivity contribution in [2.45, 2.75) is 77.3 Å². The molecule has 4 heterocycles. The number of nitrogens with zero attached hydrogens (tertiary/aromatic N) is 5. The van der Waals surface area contributed by atoms with Gasteiger partial charge in [-0.2, -0.15) is 4.98 Å². The molecule has 52 heavy (non-hydrogen) atoms. The number of unbranched alkanes of at least 4 members (excludes halogenated alkanes) is 2. The van der Waals surface area contributed by atoms with Crippen LogP contribution in [0, 0.1) is 13.8 Å². The Bertz CT molecular complexity index is 2250. The topological polar surface area (TPSA) is 158 Å². The monoisotopic (exact) mass is 703 g/mol. The molecule has 3 aromatic rings. The average Bonchev–Trinajstić information content (AvgIpc) is 3.12. The Hall–Kier alpha value is -5.69. The molecule has 2 unspecified atom stereocenters. The Balaban J connectivity index is 1.19. The minimum Gasteiger partial charge on any atom is -0.353 e. The number of imide groups is 1. The lowest BCUT2D eigenvalue weighted by Gasteiger charge is -2.64. The normalized spacial score (nSPS) is 19.3. The van der Waals surface area contributed by atoms with E-state index in [1.165, 1.54) is 4.90 Å². The fourth-order valence-corrected chi connectivity index (χ4v) is 7.60. The third-order valence-corrected chi connectivity index (χ3v) is 10.3. The standard InChI is InChI=1S/C39H41N7O6/c1-5-6-13-19-45-33(48)31-32(42-36(45)50)44(29-22-25(3)24(2)21-28(29)41-31)20-18-40-30(47)23-46-34-38(4,35(49)43-37(46)51)52-39(34,26-14-9-7-10-15-26)27-16-11-8-12-17-27/h7-12,14-17,21-22,34H,5-6,13,18-20,23H2,1-4H3,(H,40,47)(H,43,49,51). The van der Waals surface area contributed by atoms with E-state index < -0.39 is 46.3 Å². The highest BCUT2D eigenvalue weighted by Gasteiger charge is 2.72. The molecular formula is C39H41N7O6. The second-order valence-corrected chi connectivity index (χ2v) is 13.7. The van der Waals surface area contributed by atoms with Crippen LogP contribution in [-0.2, 0) is 33.0 Å². The summed E-state index contributed by atoms with van der Waals surface area (Å²) in [7, 11) is 0. The highest BCUT2D eigenvalue weighted by molar-refractivity contribution is 6.04. The summed E-state index contributed by atoms with van der Waals surface area (Å²) in [6.07, 6.45) is 2.48. The summed E-state index contributed by atoms with van der Waals surface area (Å²) in [6.45, 7) is 7.72. The van der Waals surface area contributed by atoms with E-state index >= 15 is 0 Å². The van der Waals surface area contributed by atoms with E-state index in [9.17, 15) is 24.0 Å². The van der Waals surface area contributed by atoms with Gasteiger partial charge in [-0.3, -0.25) is 24.3 Å². The minimum atomic E-state index is -1.42. The maximum Gasteiger partial charge on any atom is 0.352 e. The molecule has 4 amide bonds. The number of carbonyl (C=O) groups is 3. The molecule has 13 nitrogen and oxygen atoms in total. The van der Waals surface area contributed by atoms with Gasteiger partial charge in [-0.15, -0.1) is 0 Å². The van der Waals surface area contributed by atoms with Crippen molar-refractivity contribution in [3.05, 3.63) is 116 Å². The molecule has 0 saturated carbocycles. The van der Waals surface area contributed by atoms with Gasteiger partial charge in [0.05, 0.1) is 11.0 Å². The fourth-order valence-electron chi connectivity index (χ4n) is 7.60. The number of carbonyl (C=O) groups excluding carboxylic acids is 3. The molecule has 2 N–H and O–H groups in total. The molecule has 2 saturated heterocycles. The molecule has 4 aliphatic heterocycles. The second kappa shape index (κ2) is 13.5. The summed E-state index contributed by atoms with van der Waals surface area (Å²) >= 11 is 0. The Morgan fingerprint density at radius 3 is 2.19 bits per heavy atom. The first-order chi connectivity index (χ1) is 25.0. The third-order valence-electron chi connectivity index (χ3n) is 10.3. The summed E-state index contributed by atoms with van der Waals surface area (Å²) in [5, 5.41) is 5.28. The highest BCUT2D eigenvalue weighted by Crippen LogP contribution is 2.56. The number of urea groups is 1. The zero-order chi connectivity index (χ0) is 36.8. The van der Waals surface area contributed by atoms with Crippen LogP contribution in [0.3, 0.4) is 0 Å². The van der Waals surface area contributed by atoms with Gasteiger partial charge in [0.25, 0.3) is 11.5 Å². The van der Waals surface area contributed by atoms with E-state index in [2.05, 4.69) is 20.6 Å². The molecule has 2 fully saturated rings. The van der Waals surface area contributed by atoms with Gasteiger partial charge in [-0.1, -0.05) is 80.4 Å². The number of aryl methyl sites for hydroxylation is 2. The zero-order valence-electron chi connectivity index (χ0n) is 29.6. The van der Waals surface area contributed by atoms with Crippen LogP contribution in [0.1, 0.15) is 55.4 Å². The number of benzene rings is 3. The summed E-state index contributed by atoms with van der Waals surface area (Å²) in [5.74, 6) is -0.909. The molecular weight excluding hydrogens is 662 g/mol. The van der Waals surface area contributed by atoms with Crippen molar-refractivity contribution >= 4 is 28.9 Å². The summed E-state index contributed by atoms with van der Waals surface area (Å²) in [5.41, 5.74) is 0.978. The molecule has 4 aliphatic rings. The van der Waals surface area contributed by atoms with Crippen molar-refractivity contribution in [3.63, 3.8) is 0 Å². The Morgan fingerprint density at radius 2 is 1.54 bits per heavy atom. The maximum atomic E-state index is 13.7. The van der Waals surface area contributed by atoms with Crippen LogP contribution < -0.4 is 21.9 Å². The van der Waals surface area contributed by atoms with E-state index in [0.29, 0.717) is 17.5 Å². The number of aromatic nitrogens is 4. The summed E-state index contributed by atoms with van der Waals surface area (Å²) in [4.78, 5) is 77.5. The number of rotatable bonds is 11. The van der Waals surface area contributed by atoms with Crippen molar-refractivity contribution < 1.29 is 19.1 Å². The molecule has 0 aromatic heterocycles. The van der Waals surface area contributed by atoms with Crippen LogP contribution in [0.15, 0.2) is 82.4 Å². The first-order valence-electron chi connectivity index (χ1n) is 17.6. The van der Waals surface area contributed by atoms with E-state index in [0.717, 1.165) is 39.7 Å². The van der Waals surface area contributed by atoms with Crippen LogP contribution in [0.4, 0.5) is 4.79 Å². The molecule has 13 heteroatoms.